The Morgan fingerprint density at radius 2 is 1.73 bits per heavy atom. The van der Waals surface area contributed by atoms with Crippen molar-refractivity contribution >= 4 is 12.4 Å². The lowest BCUT2D eigenvalue weighted by atomic mass is 10.0. The lowest BCUT2D eigenvalue weighted by Gasteiger charge is -2.05. The number of hydrogen-bond acceptors (Lipinski definition) is 2. The monoisotopic (exact) mass is 182 g/mol. The zero-order chi connectivity index (χ0) is 7.82. The molecule has 0 aliphatic carbocycles. The summed E-state index contributed by atoms with van der Waals surface area (Å²) in [6, 6.07) is 0. The fraction of sp³-hybridized carbons (Fsp3) is 1.00. The minimum Gasteiger partial charge on any atom is -0.396 e. The van der Waals surface area contributed by atoms with E-state index in [1.807, 2.05) is 6.92 Å². The van der Waals surface area contributed by atoms with E-state index in [0.29, 0.717) is 19.1 Å². The summed E-state index contributed by atoms with van der Waals surface area (Å²) in [7, 11) is 0. The molecule has 0 aliphatic heterocycles. The van der Waals surface area contributed by atoms with Crippen LogP contribution in [-0.2, 0) is 0 Å². The van der Waals surface area contributed by atoms with Gasteiger partial charge in [0.05, 0.1) is 0 Å². The Kier molecular flexibility index (Phi) is 12.8. The average Bonchev–Trinajstić information content (AvgIpc) is 1.98. The van der Waals surface area contributed by atoms with Gasteiger partial charge in [0.1, 0.15) is 0 Å². The van der Waals surface area contributed by atoms with Crippen molar-refractivity contribution < 1.29 is 10.2 Å². The van der Waals surface area contributed by atoms with Gasteiger partial charge in [0, 0.05) is 13.2 Å². The van der Waals surface area contributed by atoms with Crippen LogP contribution in [0.1, 0.15) is 32.6 Å². The molecule has 1 atom stereocenters. The maximum absolute atomic E-state index is 8.64. The molecule has 0 rings (SSSR count). The molecule has 2 nitrogen and oxygen atoms in total. The summed E-state index contributed by atoms with van der Waals surface area (Å²) in [6.45, 7) is 2.63. The van der Waals surface area contributed by atoms with Gasteiger partial charge in [0.15, 0.2) is 0 Å². The van der Waals surface area contributed by atoms with Crippen LogP contribution < -0.4 is 0 Å². The molecule has 0 bridgehead atoms. The third-order valence-corrected chi connectivity index (χ3v) is 1.67. The van der Waals surface area contributed by atoms with Crippen LogP contribution in [0.2, 0.25) is 0 Å². The van der Waals surface area contributed by atoms with Crippen LogP contribution in [0.3, 0.4) is 0 Å². The largest absolute Gasteiger partial charge is 0.396 e. The highest BCUT2D eigenvalue weighted by Crippen LogP contribution is 2.07. The quantitative estimate of drug-likeness (QED) is 0.613. The van der Waals surface area contributed by atoms with Crippen LogP contribution in [0, 0.1) is 5.92 Å². The summed E-state index contributed by atoms with van der Waals surface area (Å²) < 4.78 is 0. The number of aliphatic hydroxyl groups is 2. The molecule has 11 heavy (non-hydrogen) atoms. The molecule has 0 aromatic rings. The summed E-state index contributed by atoms with van der Waals surface area (Å²) in [5.41, 5.74) is 0. The molecule has 0 fully saturated rings. The highest BCUT2D eigenvalue weighted by molar-refractivity contribution is 5.85. The third kappa shape index (κ3) is 10.2. The van der Waals surface area contributed by atoms with E-state index in [4.69, 9.17) is 10.2 Å². The van der Waals surface area contributed by atoms with E-state index in [1.54, 1.807) is 0 Å². The van der Waals surface area contributed by atoms with E-state index in [-0.39, 0.29) is 12.4 Å². The highest BCUT2D eigenvalue weighted by Gasteiger charge is 1.97. The van der Waals surface area contributed by atoms with Crippen LogP contribution in [-0.4, -0.2) is 23.4 Å². The Morgan fingerprint density at radius 1 is 1.09 bits per heavy atom. The van der Waals surface area contributed by atoms with Gasteiger partial charge in [-0.15, -0.1) is 12.4 Å². The van der Waals surface area contributed by atoms with Crippen LogP contribution in [0.4, 0.5) is 0 Å². The first kappa shape index (κ1) is 13.8. The fourth-order valence-electron chi connectivity index (χ4n) is 0.873. The summed E-state index contributed by atoms with van der Waals surface area (Å²) >= 11 is 0. The Hall–Kier alpha value is 0.210. The van der Waals surface area contributed by atoms with E-state index in [0.717, 1.165) is 25.7 Å². The maximum Gasteiger partial charge on any atom is 0.0456 e. The second kappa shape index (κ2) is 10.2. The second-order valence-electron chi connectivity index (χ2n) is 2.86. The topological polar surface area (TPSA) is 40.5 Å². The molecule has 0 aliphatic rings. The van der Waals surface area contributed by atoms with Crippen LogP contribution >= 0.6 is 12.4 Å². The van der Waals surface area contributed by atoms with Crippen molar-refractivity contribution in [1.29, 1.82) is 0 Å². The van der Waals surface area contributed by atoms with Gasteiger partial charge in [-0.2, -0.15) is 0 Å². The van der Waals surface area contributed by atoms with Crippen molar-refractivity contribution in [3.63, 3.8) is 0 Å². The van der Waals surface area contributed by atoms with E-state index in [9.17, 15) is 0 Å². The molecular formula is C8H19ClO2. The molecule has 0 aromatic carbocycles. The van der Waals surface area contributed by atoms with Crippen molar-refractivity contribution in [2.24, 2.45) is 5.92 Å². The van der Waals surface area contributed by atoms with Crippen LogP contribution in [0.15, 0.2) is 0 Å². The Balaban J connectivity index is 0. The van der Waals surface area contributed by atoms with Gasteiger partial charge in [0.25, 0.3) is 0 Å². The van der Waals surface area contributed by atoms with Gasteiger partial charge in [-0.1, -0.05) is 19.8 Å². The SMILES string of the molecule is CC(CO)CCCCCO.Cl. The lowest BCUT2D eigenvalue weighted by molar-refractivity contribution is 0.224. The van der Waals surface area contributed by atoms with Gasteiger partial charge < -0.3 is 10.2 Å². The highest BCUT2D eigenvalue weighted by atomic mass is 35.5. The molecule has 2 N–H and O–H groups in total. The predicted octanol–water partition coefficient (Wildman–Crippen LogP) is 1.59. The zero-order valence-corrected chi connectivity index (χ0v) is 7.94. The molecule has 0 saturated carbocycles. The minimum absolute atomic E-state index is 0. The lowest BCUT2D eigenvalue weighted by Crippen LogP contribution is -1.99. The summed E-state index contributed by atoms with van der Waals surface area (Å²) in [4.78, 5) is 0. The van der Waals surface area contributed by atoms with Gasteiger partial charge in [-0.05, 0) is 18.8 Å². The normalized spacial score (nSPS) is 12.3. The first-order chi connectivity index (χ1) is 4.81. The van der Waals surface area contributed by atoms with E-state index < -0.39 is 0 Å². The molecule has 0 heterocycles. The van der Waals surface area contributed by atoms with Crippen molar-refractivity contribution in [2.45, 2.75) is 32.6 Å². The Bertz CT molecular complexity index is 69.1. The maximum atomic E-state index is 8.64. The summed E-state index contributed by atoms with van der Waals surface area (Å²) in [6.07, 6.45) is 4.19. The minimum atomic E-state index is 0. The molecule has 70 valence electrons. The Labute approximate surface area is 75.0 Å². The number of aliphatic hydroxyl groups excluding tert-OH is 2. The van der Waals surface area contributed by atoms with E-state index in [2.05, 4.69) is 0 Å². The first-order valence-electron chi connectivity index (χ1n) is 4.03. The van der Waals surface area contributed by atoms with Crippen molar-refractivity contribution in [1.82, 2.24) is 0 Å². The average molecular weight is 183 g/mol. The molecule has 0 amide bonds. The second-order valence-corrected chi connectivity index (χ2v) is 2.86. The molecule has 0 spiro atoms. The fourth-order valence-corrected chi connectivity index (χ4v) is 0.873. The number of rotatable bonds is 6. The van der Waals surface area contributed by atoms with Crippen molar-refractivity contribution in [3.8, 4) is 0 Å². The van der Waals surface area contributed by atoms with Crippen molar-refractivity contribution in [2.75, 3.05) is 13.2 Å². The van der Waals surface area contributed by atoms with Crippen LogP contribution in [0.5, 0.6) is 0 Å². The van der Waals surface area contributed by atoms with Crippen molar-refractivity contribution in [3.05, 3.63) is 0 Å². The van der Waals surface area contributed by atoms with Crippen LogP contribution in [0.25, 0.3) is 0 Å². The molecule has 0 radical (unpaired) electrons. The Morgan fingerprint density at radius 3 is 2.18 bits per heavy atom. The number of hydrogen-bond donors (Lipinski definition) is 2. The van der Waals surface area contributed by atoms with Gasteiger partial charge in [0.2, 0.25) is 0 Å². The molecule has 0 aromatic heterocycles. The third-order valence-electron chi connectivity index (χ3n) is 1.67. The summed E-state index contributed by atoms with van der Waals surface area (Å²) in [5.74, 6) is 0.429. The molecule has 0 saturated heterocycles. The van der Waals surface area contributed by atoms with E-state index >= 15 is 0 Å². The number of unbranched alkanes of at least 4 members (excludes halogenated alkanes) is 2. The summed E-state index contributed by atoms with van der Waals surface area (Å²) in [5, 5.41) is 17.1. The number of halogens is 1. The molecular weight excluding hydrogens is 164 g/mol. The first-order valence-corrected chi connectivity index (χ1v) is 4.03. The zero-order valence-electron chi connectivity index (χ0n) is 7.12. The smallest absolute Gasteiger partial charge is 0.0456 e. The van der Waals surface area contributed by atoms with Gasteiger partial charge in [-0.25, -0.2) is 0 Å². The van der Waals surface area contributed by atoms with Gasteiger partial charge in [-0.3, -0.25) is 0 Å². The predicted molar refractivity (Wildman–Crippen MR) is 49.1 cm³/mol. The van der Waals surface area contributed by atoms with E-state index in [1.165, 1.54) is 0 Å². The molecule has 3 heteroatoms. The van der Waals surface area contributed by atoms with Gasteiger partial charge >= 0.3 is 0 Å². The standard InChI is InChI=1S/C8H18O2.ClH/c1-8(7-10)5-3-2-4-6-9;/h8-10H,2-7H2,1H3;1H. The molecule has 1 unspecified atom stereocenters.